The van der Waals surface area contributed by atoms with Gasteiger partial charge < -0.3 is 19.8 Å². The molecule has 0 atom stereocenters. The lowest BCUT2D eigenvalue weighted by Crippen LogP contribution is -2.33. The quantitative estimate of drug-likeness (QED) is 0.301. The number of anilines is 1. The highest BCUT2D eigenvalue weighted by Crippen LogP contribution is 2.41. The van der Waals surface area contributed by atoms with Crippen LogP contribution in [0.15, 0.2) is 30.9 Å². The summed E-state index contributed by atoms with van der Waals surface area (Å²) in [4.78, 5) is 22.9. The van der Waals surface area contributed by atoms with Gasteiger partial charge in [-0.3, -0.25) is 0 Å². The molecule has 0 bridgehead atoms. The van der Waals surface area contributed by atoms with E-state index >= 15 is 0 Å². The number of hydrogen-bond donors (Lipinski definition) is 2. The van der Waals surface area contributed by atoms with Crippen molar-refractivity contribution in [3.8, 4) is 0 Å². The Morgan fingerprint density at radius 2 is 2.11 bits per heavy atom. The second-order valence-corrected chi connectivity index (χ2v) is 11.2. The number of nitrogens with one attached hydrogen (secondary N) is 2. The maximum atomic E-state index is 6.17. The monoisotopic (exact) mass is 502 g/mol. The molecule has 0 radical (unpaired) electrons. The van der Waals surface area contributed by atoms with Crippen LogP contribution in [0.4, 0.5) is 5.82 Å². The largest absolute Gasteiger partial charge is 0.374 e. The number of pyridine rings is 1. The standard InChI is InChI=1S/C27H30N6O2S/c1-15(2)34-11-18-17-12-35-27(3,4)10-21(17)33-26-22(18)23-24(36-26)25(32-14-31-23)28-8-7-16-5-6-19-20(9-16)30-13-29-19/h5-6,9,13-15H,7-8,10-12H2,1-4H3,(H,29,30)(H,28,31,32). The maximum absolute atomic E-state index is 6.17. The van der Waals surface area contributed by atoms with Crippen LogP contribution in [0.3, 0.4) is 0 Å². The van der Waals surface area contributed by atoms with Gasteiger partial charge in [-0.15, -0.1) is 11.3 Å². The highest BCUT2D eigenvalue weighted by molar-refractivity contribution is 7.26. The van der Waals surface area contributed by atoms with Crippen LogP contribution in [0.2, 0.25) is 0 Å². The molecule has 5 aromatic rings. The zero-order chi connectivity index (χ0) is 24.9. The van der Waals surface area contributed by atoms with Gasteiger partial charge in [-0.1, -0.05) is 6.07 Å². The molecule has 2 N–H and O–H groups in total. The average molecular weight is 503 g/mol. The molecule has 8 nitrogen and oxygen atoms in total. The number of benzene rings is 1. The van der Waals surface area contributed by atoms with Gasteiger partial charge in [-0.05, 0) is 57.4 Å². The Hall–Kier alpha value is -3.14. The molecule has 0 amide bonds. The van der Waals surface area contributed by atoms with E-state index in [1.165, 1.54) is 5.56 Å². The summed E-state index contributed by atoms with van der Waals surface area (Å²) in [5, 5.41) is 4.60. The van der Waals surface area contributed by atoms with Crippen LogP contribution in [0.25, 0.3) is 31.5 Å². The third-order valence-corrected chi connectivity index (χ3v) is 7.74. The number of rotatable bonds is 7. The smallest absolute Gasteiger partial charge is 0.147 e. The maximum Gasteiger partial charge on any atom is 0.147 e. The Kier molecular flexibility index (Phi) is 5.86. The molecule has 1 aliphatic rings. The van der Waals surface area contributed by atoms with Crippen molar-refractivity contribution in [3.05, 3.63) is 53.2 Å². The molecule has 36 heavy (non-hydrogen) atoms. The molecule has 186 valence electrons. The third kappa shape index (κ3) is 4.31. The molecule has 6 rings (SSSR count). The number of imidazole rings is 1. The lowest BCUT2D eigenvalue weighted by Gasteiger charge is -2.32. The van der Waals surface area contributed by atoms with Gasteiger partial charge in [0.1, 0.15) is 17.0 Å². The summed E-state index contributed by atoms with van der Waals surface area (Å²) in [6.45, 7) is 10.2. The van der Waals surface area contributed by atoms with E-state index in [1.54, 1.807) is 24.0 Å². The van der Waals surface area contributed by atoms with E-state index in [0.29, 0.717) is 13.2 Å². The molecule has 0 spiro atoms. The van der Waals surface area contributed by atoms with Crippen LogP contribution in [0, 0.1) is 0 Å². The number of hydrogen-bond acceptors (Lipinski definition) is 8. The van der Waals surface area contributed by atoms with E-state index in [0.717, 1.165) is 73.5 Å². The molecule has 5 heterocycles. The van der Waals surface area contributed by atoms with Crippen LogP contribution in [0.1, 0.15) is 50.1 Å². The Morgan fingerprint density at radius 3 is 2.97 bits per heavy atom. The van der Waals surface area contributed by atoms with Gasteiger partial charge in [-0.2, -0.15) is 0 Å². The lowest BCUT2D eigenvalue weighted by molar-refractivity contribution is -0.0424. The molecule has 9 heteroatoms. The minimum absolute atomic E-state index is 0.127. The van der Waals surface area contributed by atoms with Crippen molar-refractivity contribution in [2.24, 2.45) is 0 Å². The first kappa shape index (κ1) is 23.3. The summed E-state index contributed by atoms with van der Waals surface area (Å²) in [6.07, 6.45) is 5.14. The number of H-pyrrole nitrogens is 1. The molecule has 0 saturated heterocycles. The summed E-state index contributed by atoms with van der Waals surface area (Å²) in [7, 11) is 0. The Balaban J connectivity index is 1.36. The van der Waals surface area contributed by atoms with E-state index in [1.807, 2.05) is 0 Å². The number of aromatic amines is 1. The molecular formula is C27H30N6O2S. The van der Waals surface area contributed by atoms with Crippen molar-refractivity contribution >= 4 is 48.6 Å². The van der Waals surface area contributed by atoms with Crippen molar-refractivity contribution in [1.29, 1.82) is 0 Å². The molecule has 0 aliphatic carbocycles. The van der Waals surface area contributed by atoms with E-state index in [-0.39, 0.29) is 11.7 Å². The van der Waals surface area contributed by atoms with Gasteiger partial charge in [0.2, 0.25) is 0 Å². The van der Waals surface area contributed by atoms with E-state index in [9.17, 15) is 0 Å². The minimum atomic E-state index is -0.230. The number of nitrogens with zero attached hydrogens (tertiary/aromatic N) is 4. The second kappa shape index (κ2) is 9.06. The van der Waals surface area contributed by atoms with E-state index in [2.05, 4.69) is 66.2 Å². The molecule has 0 unspecified atom stereocenters. The van der Waals surface area contributed by atoms with Crippen LogP contribution in [-0.4, -0.2) is 43.2 Å². The lowest BCUT2D eigenvalue weighted by atomic mass is 9.92. The Morgan fingerprint density at radius 1 is 1.22 bits per heavy atom. The number of aromatic nitrogens is 5. The zero-order valence-electron chi connectivity index (χ0n) is 21.0. The number of fused-ring (bicyclic) bond motifs is 5. The van der Waals surface area contributed by atoms with Crippen LogP contribution >= 0.6 is 11.3 Å². The summed E-state index contributed by atoms with van der Waals surface area (Å²) < 4.78 is 13.3. The summed E-state index contributed by atoms with van der Waals surface area (Å²) >= 11 is 1.65. The van der Waals surface area contributed by atoms with Gasteiger partial charge in [-0.25, -0.2) is 19.9 Å². The average Bonchev–Trinajstić information content (AvgIpc) is 3.45. The SMILES string of the molecule is CC(C)OCc1c2c(nc3sc4c(NCCc5ccc6nc[nH]c6c5)ncnc4c13)CC(C)(C)OC2. The van der Waals surface area contributed by atoms with Gasteiger partial charge in [0.05, 0.1) is 58.2 Å². The van der Waals surface area contributed by atoms with Gasteiger partial charge >= 0.3 is 0 Å². The van der Waals surface area contributed by atoms with Crippen molar-refractivity contribution in [1.82, 2.24) is 24.9 Å². The van der Waals surface area contributed by atoms with Gasteiger partial charge in [0.25, 0.3) is 0 Å². The fraction of sp³-hybridized carbons (Fsp3) is 0.407. The Labute approximate surface area is 213 Å². The predicted octanol–water partition coefficient (Wildman–Crippen LogP) is 5.55. The molecule has 0 fully saturated rings. The van der Waals surface area contributed by atoms with Crippen molar-refractivity contribution in [3.63, 3.8) is 0 Å². The molecule has 1 aromatic carbocycles. The number of thiophene rings is 1. The minimum Gasteiger partial charge on any atom is -0.374 e. The summed E-state index contributed by atoms with van der Waals surface area (Å²) in [5.74, 6) is 0.843. The predicted molar refractivity (Wildman–Crippen MR) is 144 cm³/mol. The first-order valence-corrected chi connectivity index (χ1v) is 13.2. The van der Waals surface area contributed by atoms with Crippen LogP contribution in [0.5, 0.6) is 0 Å². The Bertz CT molecular complexity index is 1570. The normalized spacial score (nSPS) is 15.2. The second-order valence-electron chi connectivity index (χ2n) is 10.2. The third-order valence-electron chi connectivity index (χ3n) is 6.66. The number of ether oxygens (including phenoxy) is 2. The fourth-order valence-corrected chi connectivity index (χ4v) is 5.94. The van der Waals surface area contributed by atoms with Crippen molar-refractivity contribution < 1.29 is 9.47 Å². The van der Waals surface area contributed by atoms with Crippen LogP contribution < -0.4 is 5.32 Å². The zero-order valence-corrected chi connectivity index (χ0v) is 21.8. The summed E-state index contributed by atoms with van der Waals surface area (Å²) in [5.41, 5.74) is 7.36. The first-order chi connectivity index (χ1) is 17.4. The van der Waals surface area contributed by atoms with Crippen molar-refractivity contribution in [2.45, 2.75) is 65.5 Å². The van der Waals surface area contributed by atoms with E-state index < -0.39 is 0 Å². The molecule has 1 aliphatic heterocycles. The summed E-state index contributed by atoms with van der Waals surface area (Å²) in [6, 6.07) is 6.33. The topological polar surface area (TPSA) is 97.8 Å². The molecule has 0 saturated carbocycles. The van der Waals surface area contributed by atoms with E-state index in [4.69, 9.17) is 19.4 Å². The highest BCUT2D eigenvalue weighted by Gasteiger charge is 2.31. The molecule has 4 aromatic heterocycles. The molecular weight excluding hydrogens is 472 g/mol. The van der Waals surface area contributed by atoms with Gasteiger partial charge in [0, 0.05) is 23.9 Å². The fourth-order valence-electron chi connectivity index (χ4n) is 4.80. The highest BCUT2D eigenvalue weighted by atomic mass is 32.1. The van der Waals surface area contributed by atoms with Crippen LogP contribution in [-0.2, 0) is 35.5 Å². The van der Waals surface area contributed by atoms with Crippen molar-refractivity contribution in [2.75, 3.05) is 11.9 Å². The van der Waals surface area contributed by atoms with Gasteiger partial charge in [0.15, 0.2) is 0 Å². The first-order valence-electron chi connectivity index (χ1n) is 12.4.